The molecule has 26 heteroatoms. The molecule has 2 amide bonds. The van der Waals surface area contributed by atoms with Gasteiger partial charge in [-0.05, 0) is 92.9 Å². The van der Waals surface area contributed by atoms with Gasteiger partial charge < -0.3 is 52.4 Å². The van der Waals surface area contributed by atoms with Crippen molar-refractivity contribution in [1.82, 2.24) is 43.7 Å². The smallest absolute Gasteiger partial charge is 0.328 e. The zero-order valence-electron chi connectivity index (χ0n) is 51.2. The van der Waals surface area contributed by atoms with Gasteiger partial charge in [-0.15, -0.1) is 0 Å². The molecule has 24 nitrogen and oxygen atoms in total. The second-order valence-corrected chi connectivity index (χ2v) is 25.6. The van der Waals surface area contributed by atoms with E-state index in [2.05, 4.69) is 51.3 Å². The number of hydrogen-bond acceptors (Lipinski definition) is 20. The van der Waals surface area contributed by atoms with Crippen molar-refractivity contribution >= 4 is 61.9 Å². The summed E-state index contributed by atoms with van der Waals surface area (Å²) in [7, 11) is -2.74. The average Bonchev–Trinajstić information content (AvgIpc) is 1.86. The molecule has 2 saturated heterocycles. The molecule has 9 aromatic rings. The third-order valence-electron chi connectivity index (χ3n) is 15.6. The minimum atomic E-state index is -4.14. The van der Waals surface area contributed by atoms with E-state index in [1.54, 1.807) is 84.5 Å². The highest BCUT2D eigenvalue weighted by Crippen LogP contribution is 2.53. The first-order valence-corrected chi connectivity index (χ1v) is 32.8. The molecule has 0 saturated carbocycles. The molecule has 2 fully saturated rings. The Morgan fingerprint density at radius 3 is 1.59 bits per heavy atom. The number of anilines is 2. The minimum absolute atomic E-state index is 0.0287. The molecule has 0 spiro atoms. The highest BCUT2D eigenvalue weighted by Gasteiger charge is 2.47. The van der Waals surface area contributed by atoms with Gasteiger partial charge in [0.25, 0.3) is 20.3 Å². The van der Waals surface area contributed by atoms with Crippen molar-refractivity contribution in [3.8, 4) is 17.6 Å². The van der Waals surface area contributed by atoms with Gasteiger partial charge in [0.15, 0.2) is 34.0 Å². The Bertz CT molecular complexity index is 3960. The molecule has 4 aromatic heterocycles. The van der Waals surface area contributed by atoms with Gasteiger partial charge in [0.2, 0.25) is 0 Å². The lowest BCUT2D eigenvalue weighted by Gasteiger charge is -2.37. The molecule has 5 aromatic carbocycles. The molecule has 91 heavy (non-hydrogen) atoms. The van der Waals surface area contributed by atoms with Gasteiger partial charge >= 0.3 is 7.60 Å². The summed E-state index contributed by atoms with van der Waals surface area (Å²) in [4.78, 5) is 54.0. The van der Waals surface area contributed by atoms with Crippen LogP contribution in [0, 0.1) is 11.3 Å². The van der Waals surface area contributed by atoms with E-state index >= 15 is 4.57 Å². The van der Waals surface area contributed by atoms with Crippen LogP contribution >= 0.6 is 16.1 Å². The fourth-order valence-corrected chi connectivity index (χ4v) is 14.2. The van der Waals surface area contributed by atoms with E-state index in [-0.39, 0.29) is 74.6 Å². The number of ether oxygens (including phenoxy) is 5. The largest absolute Gasteiger partial charge is 0.497 e. The van der Waals surface area contributed by atoms with Crippen LogP contribution in [0.4, 0.5) is 11.6 Å². The quantitative estimate of drug-likeness (QED) is 0.0275. The summed E-state index contributed by atoms with van der Waals surface area (Å²) in [5.41, 5.74) is 3.27. The summed E-state index contributed by atoms with van der Waals surface area (Å²) < 4.78 is 80.0. The lowest BCUT2D eigenvalue weighted by molar-refractivity contribution is -0.0918. The third kappa shape index (κ3) is 14.4. The number of hydrogen-bond donors (Lipinski definition) is 2. The molecular weight excluding hydrogens is 1200 g/mol. The Hall–Kier alpha value is -8.43. The van der Waals surface area contributed by atoms with Crippen LogP contribution in [-0.2, 0) is 42.5 Å². The molecule has 472 valence electrons. The van der Waals surface area contributed by atoms with E-state index in [0.29, 0.717) is 45.0 Å². The Morgan fingerprint density at radius 2 is 1.12 bits per heavy atom. The number of fused-ring (bicyclic) bond motifs is 2. The standard InChI is InChI=1S/C65H70N12O12P2/c1-42(2)77(43(3)4)90(84-33-17-32-66)88-51-34-55(75-40-71-57-59(67-38-69-61(57)75)73-63(78)44-18-11-8-12-19-44)87-54(51)37-85-91(7,80)89-52-35-56(76-41-72-58-60(68-39-70-62(58)76)74-64(79)45-20-13-9-14-21-45)86-53(52)36-83-65(46-22-15-10-16-23-46,47-24-28-49(81-5)29-25-47)48-26-30-50(82-6)31-27-48/h8-16,18-31,38-43,51-56H,17,33-37H2,1-7H3,(H,67,69,73,78)(H,68,70,74,79)/t51-,52-,53+,54+,55+,56+,90?,91+/m0/s1. The van der Waals surface area contributed by atoms with E-state index in [4.69, 9.17) is 41.8 Å². The highest BCUT2D eigenvalue weighted by atomic mass is 31.2. The predicted molar refractivity (Wildman–Crippen MR) is 339 cm³/mol. The Labute approximate surface area is 527 Å². The van der Waals surface area contributed by atoms with E-state index in [1.807, 2.05) is 119 Å². The van der Waals surface area contributed by atoms with Crippen molar-refractivity contribution in [3.05, 3.63) is 193 Å². The normalized spacial score (nSPS) is 19.4. The van der Waals surface area contributed by atoms with E-state index in [9.17, 15) is 14.9 Å². The maximum absolute atomic E-state index is 15.4. The fourth-order valence-electron chi connectivity index (χ4n) is 11.3. The molecule has 6 heterocycles. The van der Waals surface area contributed by atoms with Crippen molar-refractivity contribution in [2.75, 3.05) is 51.3 Å². The topological polar surface area (TPSA) is 273 Å². The molecule has 1 unspecified atom stereocenters. The van der Waals surface area contributed by atoms with Crippen LogP contribution in [0.2, 0.25) is 0 Å². The lowest BCUT2D eigenvalue weighted by Crippen LogP contribution is -2.38. The minimum Gasteiger partial charge on any atom is -0.497 e. The van der Waals surface area contributed by atoms with Gasteiger partial charge in [-0.2, -0.15) is 5.26 Å². The van der Waals surface area contributed by atoms with Crippen molar-refractivity contribution in [2.45, 2.75) is 102 Å². The SMILES string of the molecule is COc1ccc(C(OC[C@H]2O[C@@H](n3cnc4c(NC(=O)c5ccccc5)ncnc43)C[C@@H]2O[P@](C)(=O)OC[C@H]2O[C@@H](n3cnc4c(NC(=O)c5ccccc5)ncnc43)C[C@@H]2OP(OCCC#N)N(C(C)C)C(C)C)(c2ccccc2)c2ccc(OC)cc2)cc1. The second-order valence-electron chi connectivity index (χ2n) is 22.2. The third-order valence-corrected chi connectivity index (χ3v) is 19.0. The van der Waals surface area contributed by atoms with Crippen LogP contribution in [0.25, 0.3) is 22.3 Å². The number of nitrogens with one attached hydrogen (secondary N) is 2. The van der Waals surface area contributed by atoms with Crippen molar-refractivity contribution in [2.24, 2.45) is 0 Å². The molecule has 0 radical (unpaired) electrons. The number of nitriles is 1. The molecular formula is C65H70N12O12P2. The summed E-state index contributed by atoms with van der Waals surface area (Å²) in [6.45, 7) is 9.26. The van der Waals surface area contributed by atoms with Crippen LogP contribution < -0.4 is 20.1 Å². The number of nitrogens with zero attached hydrogens (tertiary/aromatic N) is 10. The van der Waals surface area contributed by atoms with E-state index < -0.39 is 58.6 Å². The molecule has 2 N–H and O–H groups in total. The van der Waals surface area contributed by atoms with Crippen molar-refractivity contribution in [1.29, 1.82) is 5.26 Å². The van der Waals surface area contributed by atoms with Gasteiger partial charge in [-0.3, -0.25) is 23.3 Å². The summed E-state index contributed by atoms with van der Waals surface area (Å²) in [5.74, 6) is 0.923. The van der Waals surface area contributed by atoms with Gasteiger partial charge in [0.1, 0.15) is 54.4 Å². The number of carbonyl (C=O) groups excluding carboxylic acids is 2. The Morgan fingerprint density at radius 1 is 0.659 bits per heavy atom. The van der Waals surface area contributed by atoms with E-state index in [1.165, 1.54) is 19.3 Å². The number of rotatable bonds is 27. The van der Waals surface area contributed by atoms with Gasteiger partial charge in [0, 0.05) is 42.7 Å². The number of methoxy groups -OCH3 is 2. The highest BCUT2D eigenvalue weighted by molar-refractivity contribution is 7.53. The van der Waals surface area contributed by atoms with Gasteiger partial charge in [-0.25, -0.2) is 34.6 Å². The molecule has 2 aliphatic rings. The number of aromatic nitrogens is 8. The van der Waals surface area contributed by atoms with Crippen molar-refractivity contribution in [3.63, 3.8) is 0 Å². The van der Waals surface area contributed by atoms with Gasteiger partial charge in [-0.1, -0.05) is 91.0 Å². The number of carbonyl (C=O) groups is 2. The maximum atomic E-state index is 15.4. The van der Waals surface area contributed by atoms with E-state index in [0.717, 1.165) is 16.7 Å². The molecule has 11 rings (SSSR count). The van der Waals surface area contributed by atoms with Crippen LogP contribution in [0.3, 0.4) is 0 Å². The second kappa shape index (κ2) is 28.8. The predicted octanol–water partition coefficient (Wildman–Crippen LogP) is 11.7. The first-order chi connectivity index (χ1) is 44.2. The van der Waals surface area contributed by atoms with Crippen molar-refractivity contribution < 1.29 is 55.9 Å². The monoisotopic (exact) mass is 1270 g/mol. The number of benzene rings is 5. The summed E-state index contributed by atoms with van der Waals surface area (Å²) in [6, 6.07) is 44.7. The summed E-state index contributed by atoms with van der Waals surface area (Å²) >= 11 is 0. The van der Waals surface area contributed by atoms with Crippen LogP contribution in [0.15, 0.2) is 165 Å². The Balaban J connectivity index is 0.915. The lowest BCUT2D eigenvalue weighted by atomic mass is 9.80. The Kier molecular flexibility index (Phi) is 20.3. The van der Waals surface area contributed by atoms with Crippen LogP contribution in [0.5, 0.6) is 11.5 Å². The molecule has 2 aliphatic heterocycles. The number of amides is 2. The average molecular weight is 1270 g/mol. The summed E-state index contributed by atoms with van der Waals surface area (Å²) in [6.07, 6.45) is 1.06. The zero-order valence-corrected chi connectivity index (χ0v) is 53.0. The summed E-state index contributed by atoms with van der Waals surface area (Å²) in [5, 5.41) is 15.3. The van der Waals surface area contributed by atoms with Crippen LogP contribution in [0.1, 0.15) is 96.8 Å². The van der Waals surface area contributed by atoms with Crippen LogP contribution in [-0.4, -0.2) is 133 Å². The molecule has 0 aliphatic carbocycles. The number of imidazole rings is 2. The molecule has 0 bridgehead atoms. The molecule has 8 atom stereocenters. The zero-order chi connectivity index (χ0) is 63.7. The first kappa shape index (κ1) is 64.1. The van der Waals surface area contributed by atoms with Gasteiger partial charge in [0.05, 0.1) is 71.4 Å². The maximum Gasteiger partial charge on any atom is 0.328 e. The first-order valence-electron chi connectivity index (χ1n) is 29.7. The fraction of sp³-hybridized carbons (Fsp3) is 0.338.